The highest BCUT2D eigenvalue weighted by molar-refractivity contribution is 5.95. The molecule has 1 saturated heterocycles. The maximum atomic E-state index is 13.0. The van der Waals surface area contributed by atoms with Crippen LogP contribution in [0.5, 0.6) is 0 Å². The normalized spacial score (nSPS) is 19.7. The topological polar surface area (TPSA) is 97.6 Å². The Morgan fingerprint density at radius 1 is 1.30 bits per heavy atom. The number of rotatable bonds is 6. The summed E-state index contributed by atoms with van der Waals surface area (Å²) in [7, 11) is 1.60. The van der Waals surface area contributed by atoms with Crippen molar-refractivity contribution in [3.8, 4) is 11.4 Å². The van der Waals surface area contributed by atoms with Crippen LogP contribution in [-0.4, -0.2) is 59.7 Å². The number of hydrogen-bond donors (Lipinski definition) is 1. The van der Waals surface area contributed by atoms with Gasteiger partial charge in [0.05, 0.1) is 12.5 Å². The minimum Gasteiger partial charge on any atom is -0.383 e. The van der Waals surface area contributed by atoms with Crippen molar-refractivity contribution >= 4 is 11.8 Å². The molecule has 27 heavy (non-hydrogen) atoms. The Balaban J connectivity index is 1.66. The molecule has 8 nitrogen and oxygen atoms in total. The first-order valence-electron chi connectivity index (χ1n) is 9.04. The molecule has 1 fully saturated rings. The molecule has 2 amide bonds. The summed E-state index contributed by atoms with van der Waals surface area (Å²) in [5.41, 5.74) is 1.36. The number of nitrogens with zero attached hydrogens (tertiary/aromatic N) is 3. The summed E-state index contributed by atoms with van der Waals surface area (Å²) < 4.78 is 9.70. The van der Waals surface area contributed by atoms with Crippen LogP contribution >= 0.6 is 0 Å². The lowest BCUT2D eigenvalue weighted by Gasteiger charge is -2.37. The fourth-order valence-corrected chi connectivity index (χ4v) is 3.25. The van der Waals surface area contributed by atoms with Crippen molar-refractivity contribution in [2.75, 3.05) is 26.8 Å². The van der Waals surface area contributed by atoms with E-state index >= 15 is 0 Å². The van der Waals surface area contributed by atoms with Gasteiger partial charge in [-0.2, -0.15) is 4.98 Å². The van der Waals surface area contributed by atoms with Crippen LogP contribution in [0.2, 0.25) is 0 Å². The zero-order valence-corrected chi connectivity index (χ0v) is 15.6. The van der Waals surface area contributed by atoms with Crippen molar-refractivity contribution in [3.05, 3.63) is 36.2 Å². The largest absolute Gasteiger partial charge is 0.383 e. The molecule has 0 spiro atoms. The smallest absolute Gasteiger partial charge is 0.254 e. The van der Waals surface area contributed by atoms with Crippen molar-refractivity contribution in [1.29, 1.82) is 0 Å². The quantitative estimate of drug-likeness (QED) is 0.776. The molecule has 1 N–H and O–H groups in total. The van der Waals surface area contributed by atoms with Gasteiger partial charge in [-0.25, -0.2) is 0 Å². The minimum atomic E-state index is -0.194. The molecule has 0 bridgehead atoms. The summed E-state index contributed by atoms with van der Waals surface area (Å²) >= 11 is 0. The van der Waals surface area contributed by atoms with Gasteiger partial charge in [-0.3, -0.25) is 9.59 Å². The van der Waals surface area contributed by atoms with E-state index in [0.717, 1.165) is 18.4 Å². The fourth-order valence-electron chi connectivity index (χ4n) is 3.25. The number of carbonyl (C=O) groups is 2. The first-order valence-corrected chi connectivity index (χ1v) is 9.04. The third kappa shape index (κ3) is 4.51. The Bertz CT molecular complexity index is 761. The molecule has 2 aromatic rings. The standard InChI is InChI=1S/C19H24N4O4/c1-13-3-4-16(18(24)20-9-10-26-2)11-23(13)19(25)15-7-5-14(6-8-15)17-21-12-27-22-17/h5-8,12-13,16H,3-4,9-11H2,1-2H3,(H,20,24)/t13-,16-/m0/s1. The number of ether oxygens (including phenoxy) is 1. The predicted molar refractivity (Wildman–Crippen MR) is 97.8 cm³/mol. The Morgan fingerprint density at radius 2 is 2.07 bits per heavy atom. The summed E-state index contributed by atoms with van der Waals surface area (Å²) in [5, 5.41) is 6.65. The third-order valence-corrected chi connectivity index (χ3v) is 4.87. The van der Waals surface area contributed by atoms with Crippen molar-refractivity contribution < 1.29 is 18.8 Å². The molecular weight excluding hydrogens is 348 g/mol. The van der Waals surface area contributed by atoms with Gasteiger partial charge in [-0.1, -0.05) is 17.3 Å². The zero-order chi connectivity index (χ0) is 19.2. The summed E-state index contributed by atoms with van der Waals surface area (Å²) in [5.74, 6) is 0.189. The molecule has 1 aliphatic rings. The van der Waals surface area contributed by atoms with Crippen LogP contribution in [-0.2, 0) is 9.53 Å². The summed E-state index contributed by atoms with van der Waals surface area (Å²) in [6.07, 6.45) is 2.84. The Hall–Kier alpha value is -2.74. The lowest BCUT2D eigenvalue weighted by molar-refractivity contribution is -0.126. The number of methoxy groups -OCH3 is 1. The lowest BCUT2D eigenvalue weighted by Crippen LogP contribution is -2.49. The van der Waals surface area contributed by atoms with Crippen LogP contribution in [0.25, 0.3) is 11.4 Å². The average Bonchev–Trinajstić information content (AvgIpc) is 3.23. The summed E-state index contributed by atoms with van der Waals surface area (Å²) in [6, 6.07) is 7.19. The fraction of sp³-hybridized carbons (Fsp3) is 0.474. The lowest BCUT2D eigenvalue weighted by atomic mass is 9.92. The first-order chi connectivity index (χ1) is 13.1. The number of amides is 2. The monoisotopic (exact) mass is 372 g/mol. The van der Waals surface area contributed by atoms with Crippen molar-refractivity contribution in [3.63, 3.8) is 0 Å². The Kier molecular flexibility index (Phi) is 6.18. The highest BCUT2D eigenvalue weighted by Crippen LogP contribution is 2.25. The first kappa shape index (κ1) is 19.0. The van der Waals surface area contributed by atoms with E-state index in [4.69, 9.17) is 9.26 Å². The molecule has 0 unspecified atom stereocenters. The van der Waals surface area contributed by atoms with Crippen molar-refractivity contribution in [2.24, 2.45) is 5.92 Å². The number of piperidine rings is 1. The molecule has 8 heteroatoms. The van der Waals surface area contributed by atoms with E-state index in [2.05, 4.69) is 15.5 Å². The number of hydrogen-bond acceptors (Lipinski definition) is 6. The van der Waals surface area contributed by atoms with E-state index in [1.165, 1.54) is 6.39 Å². The van der Waals surface area contributed by atoms with Crippen LogP contribution in [0.15, 0.2) is 35.2 Å². The van der Waals surface area contributed by atoms with E-state index < -0.39 is 0 Å². The van der Waals surface area contributed by atoms with Crippen LogP contribution in [0, 0.1) is 5.92 Å². The van der Waals surface area contributed by atoms with Gasteiger partial charge < -0.3 is 19.5 Å². The van der Waals surface area contributed by atoms with E-state index in [9.17, 15) is 9.59 Å². The maximum absolute atomic E-state index is 13.0. The second kappa shape index (κ2) is 8.77. The van der Waals surface area contributed by atoms with E-state index in [1.54, 1.807) is 36.3 Å². The van der Waals surface area contributed by atoms with Crippen LogP contribution in [0.1, 0.15) is 30.1 Å². The van der Waals surface area contributed by atoms with Crippen molar-refractivity contribution in [1.82, 2.24) is 20.4 Å². The molecule has 3 rings (SSSR count). The van der Waals surface area contributed by atoms with Gasteiger partial charge in [-0.05, 0) is 31.9 Å². The molecule has 2 heterocycles. The molecule has 144 valence electrons. The van der Waals surface area contributed by atoms with Crippen LogP contribution < -0.4 is 5.32 Å². The van der Waals surface area contributed by atoms with E-state index in [-0.39, 0.29) is 23.8 Å². The second-order valence-electron chi connectivity index (χ2n) is 6.70. The molecule has 2 atom stereocenters. The minimum absolute atomic E-state index is 0.0239. The third-order valence-electron chi connectivity index (χ3n) is 4.87. The molecule has 0 radical (unpaired) electrons. The summed E-state index contributed by atoms with van der Waals surface area (Å²) in [4.78, 5) is 31.1. The predicted octanol–water partition coefficient (Wildman–Crippen LogP) is 1.74. The highest BCUT2D eigenvalue weighted by atomic mass is 16.5. The number of nitrogens with one attached hydrogen (secondary N) is 1. The highest BCUT2D eigenvalue weighted by Gasteiger charge is 2.32. The molecule has 1 aromatic heterocycles. The number of carbonyl (C=O) groups excluding carboxylic acids is 2. The molecule has 1 aromatic carbocycles. The SMILES string of the molecule is COCCNC(=O)[C@H]1CC[C@H](C)N(C(=O)c2ccc(-c3ncon3)cc2)C1. The van der Waals surface area contributed by atoms with Crippen LogP contribution in [0.3, 0.4) is 0 Å². The van der Waals surface area contributed by atoms with Crippen molar-refractivity contribution in [2.45, 2.75) is 25.8 Å². The molecule has 0 aliphatic carbocycles. The van der Waals surface area contributed by atoms with Gasteiger partial charge in [0.1, 0.15) is 0 Å². The Morgan fingerprint density at radius 3 is 2.74 bits per heavy atom. The molecular formula is C19H24N4O4. The number of likely N-dealkylation sites (tertiary alicyclic amines) is 1. The van der Waals surface area contributed by atoms with E-state index in [0.29, 0.717) is 31.1 Å². The van der Waals surface area contributed by atoms with Gasteiger partial charge in [0.25, 0.3) is 5.91 Å². The van der Waals surface area contributed by atoms with Crippen LogP contribution in [0.4, 0.5) is 0 Å². The Labute approximate surface area is 157 Å². The van der Waals surface area contributed by atoms with Gasteiger partial charge in [0.15, 0.2) is 0 Å². The molecule has 1 aliphatic heterocycles. The second-order valence-corrected chi connectivity index (χ2v) is 6.70. The van der Waals surface area contributed by atoms with Gasteiger partial charge in [0.2, 0.25) is 18.1 Å². The van der Waals surface area contributed by atoms with E-state index in [1.807, 2.05) is 6.92 Å². The zero-order valence-electron chi connectivity index (χ0n) is 15.6. The van der Waals surface area contributed by atoms with Gasteiger partial charge >= 0.3 is 0 Å². The average molecular weight is 372 g/mol. The van der Waals surface area contributed by atoms with Gasteiger partial charge in [-0.15, -0.1) is 0 Å². The number of aromatic nitrogens is 2. The van der Waals surface area contributed by atoms with Gasteiger partial charge in [0, 0.05) is 37.4 Å². The summed E-state index contributed by atoms with van der Waals surface area (Å²) in [6.45, 7) is 3.40. The maximum Gasteiger partial charge on any atom is 0.254 e. The number of benzene rings is 1. The molecule has 0 saturated carbocycles.